The largest absolute Gasteiger partial charge is 0.469 e. The molecule has 1 fully saturated rings. The summed E-state index contributed by atoms with van der Waals surface area (Å²) in [4.78, 5) is 21.7. The van der Waals surface area contributed by atoms with Crippen LogP contribution >= 0.6 is 0 Å². The molecule has 0 aliphatic carbocycles. The Labute approximate surface area is 85.2 Å². The predicted octanol–water partition coefficient (Wildman–Crippen LogP) is 1.37. The van der Waals surface area contributed by atoms with Crippen molar-refractivity contribution in [3.05, 3.63) is 46.0 Å². The van der Waals surface area contributed by atoms with Crippen molar-refractivity contribution < 1.29 is 14.6 Å². The number of benzene rings is 1. The molecule has 0 bridgehead atoms. The number of carbonyl (C=O) groups excluding carboxylic acids is 1. The summed E-state index contributed by atoms with van der Waals surface area (Å²) in [6.45, 7) is 0.0177. The minimum absolute atomic E-state index is 0.0177. The number of amides is 1. The standard InChI is InChI=1S/C9H8N2O4/c12-9-10(11(13)14)8(6-15-9)7-4-2-1-3-5-7/h1-5,8H,6H2/t8-/m0/s1. The van der Waals surface area contributed by atoms with Gasteiger partial charge in [-0.25, -0.2) is 14.9 Å². The normalized spacial score (nSPS) is 20.1. The third kappa shape index (κ3) is 1.61. The van der Waals surface area contributed by atoms with Gasteiger partial charge in [-0.2, -0.15) is 0 Å². The molecule has 0 unspecified atom stereocenters. The Morgan fingerprint density at radius 1 is 1.40 bits per heavy atom. The van der Waals surface area contributed by atoms with E-state index < -0.39 is 17.2 Å². The van der Waals surface area contributed by atoms with Crippen LogP contribution in [0.5, 0.6) is 0 Å². The van der Waals surface area contributed by atoms with Crippen LogP contribution in [0, 0.1) is 10.1 Å². The van der Waals surface area contributed by atoms with Crippen LogP contribution in [-0.2, 0) is 4.74 Å². The smallest absolute Gasteiger partial charge is 0.443 e. The van der Waals surface area contributed by atoms with Crippen molar-refractivity contribution in [1.29, 1.82) is 0 Å². The number of hydrazine groups is 1. The second-order valence-corrected chi connectivity index (χ2v) is 3.09. The van der Waals surface area contributed by atoms with Gasteiger partial charge in [0.2, 0.25) is 0 Å². The second kappa shape index (κ2) is 3.56. The number of carbonyl (C=O) groups is 1. The lowest BCUT2D eigenvalue weighted by atomic mass is 10.1. The fourth-order valence-electron chi connectivity index (χ4n) is 1.51. The third-order valence-corrected chi connectivity index (χ3v) is 2.21. The van der Waals surface area contributed by atoms with Gasteiger partial charge in [-0.1, -0.05) is 30.3 Å². The van der Waals surface area contributed by atoms with E-state index in [0.29, 0.717) is 10.6 Å². The molecule has 0 radical (unpaired) electrons. The van der Waals surface area contributed by atoms with Crippen molar-refractivity contribution in [3.8, 4) is 0 Å². The highest BCUT2D eigenvalue weighted by atomic mass is 16.7. The molecule has 0 saturated carbocycles. The van der Waals surface area contributed by atoms with Crippen molar-refractivity contribution >= 4 is 6.09 Å². The van der Waals surface area contributed by atoms with Gasteiger partial charge in [-0.3, -0.25) is 0 Å². The van der Waals surface area contributed by atoms with Gasteiger partial charge < -0.3 is 4.74 Å². The molecule has 0 spiro atoms. The summed E-state index contributed by atoms with van der Waals surface area (Å²) >= 11 is 0. The molecule has 6 nitrogen and oxygen atoms in total. The first kappa shape index (κ1) is 9.45. The summed E-state index contributed by atoms with van der Waals surface area (Å²) in [5.74, 6) is 0. The summed E-state index contributed by atoms with van der Waals surface area (Å²) in [6.07, 6.45) is -0.908. The van der Waals surface area contributed by atoms with Gasteiger partial charge in [0.05, 0.1) is 0 Å². The van der Waals surface area contributed by atoms with E-state index in [1.54, 1.807) is 30.3 Å². The summed E-state index contributed by atoms with van der Waals surface area (Å²) in [5, 5.41) is 10.4. The Morgan fingerprint density at radius 3 is 2.67 bits per heavy atom. The average molecular weight is 208 g/mol. The van der Waals surface area contributed by atoms with Crippen LogP contribution < -0.4 is 0 Å². The van der Waals surface area contributed by atoms with Gasteiger partial charge in [-0.15, -0.1) is 0 Å². The Bertz CT molecular complexity index is 392. The molecule has 1 atom stereocenters. The van der Waals surface area contributed by atoms with Crippen molar-refractivity contribution in [2.24, 2.45) is 0 Å². The first-order valence-electron chi connectivity index (χ1n) is 4.35. The maximum absolute atomic E-state index is 11.1. The van der Waals surface area contributed by atoms with Gasteiger partial charge in [0, 0.05) is 0 Å². The maximum Gasteiger partial charge on any atom is 0.469 e. The molecule has 15 heavy (non-hydrogen) atoms. The molecule has 2 rings (SSSR count). The van der Waals surface area contributed by atoms with Crippen LogP contribution in [0.4, 0.5) is 4.79 Å². The molecule has 1 aromatic rings. The monoisotopic (exact) mass is 208 g/mol. The first-order chi connectivity index (χ1) is 7.20. The van der Waals surface area contributed by atoms with Crippen LogP contribution in [0.25, 0.3) is 0 Å². The molecular weight excluding hydrogens is 200 g/mol. The van der Waals surface area contributed by atoms with E-state index in [9.17, 15) is 14.9 Å². The molecular formula is C9H8N2O4. The summed E-state index contributed by atoms with van der Waals surface area (Å²) in [7, 11) is 0. The average Bonchev–Trinajstić information content (AvgIpc) is 2.61. The minimum atomic E-state index is -0.908. The molecule has 6 heteroatoms. The molecule has 1 heterocycles. The lowest BCUT2D eigenvalue weighted by molar-refractivity contribution is -0.639. The summed E-state index contributed by atoms with van der Waals surface area (Å²) < 4.78 is 4.64. The minimum Gasteiger partial charge on any atom is -0.443 e. The van der Waals surface area contributed by atoms with E-state index >= 15 is 0 Å². The van der Waals surface area contributed by atoms with Crippen molar-refractivity contribution in [2.45, 2.75) is 6.04 Å². The van der Waals surface area contributed by atoms with Crippen LogP contribution in [0.1, 0.15) is 11.6 Å². The van der Waals surface area contributed by atoms with Gasteiger partial charge >= 0.3 is 6.09 Å². The first-order valence-corrected chi connectivity index (χ1v) is 4.35. The van der Waals surface area contributed by atoms with Gasteiger partial charge in [0.1, 0.15) is 6.61 Å². The molecule has 1 aliphatic rings. The number of cyclic esters (lactones) is 1. The fraction of sp³-hybridized carbons (Fsp3) is 0.222. The molecule has 1 amide bonds. The zero-order valence-electron chi connectivity index (χ0n) is 7.70. The van der Waals surface area contributed by atoms with E-state index in [2.05, 4.69) is 4.74 Å². The molecule has 78 valence electrons. The van der Waals surface area contributed by atoms with E-state index in [1.165, 1.54) is 0 Å². The van der Waals surface area contributed by atoms with Crippen molar-refractivity contribution in [3.63, 3.8) is 0 Å². The molecule has 1 saturated heterocycles. The number of ether oxygens (including phenoxy) is 1. The van der Waals surface area contributed by atoms with Gasteiger partial charge in [0.15, 0.2) is 11.1 Å². The lowest BCUT2D eigenvalue weighted by Gasteiger charge is -2.10. The van der Waals surface area contributed by atoms with E-state index in [-0.39, 0.29) is 6.61 Å². The molecule has 0 N–H and O–H groups in total. The Balaban J connectivity index is 2.30. The van der Waals surface area contributed by atoms with Crippen LogP contribution in [0.2, 0.25) is 0 Å². The van der Waals surface area contributed by atoms with E-state index in [0.717, 1.165) is 0 Å². The number of rotatable bonds is 2. The van der Waals surface area contributed by atoms with Crippen LogP contribution in [0.15, 0.2) is 30.3 Å². The fourth-order valence-corrected chi connectivity index (χ4v) is 1.51. The number of nitro groups is 1. The molecule has 0 aromatic heterocycles. The molecule has 1 aliphatic heterocycles. The highest BCUT2D eigenvalue weighted by Gasteiger charge is 2.43. The number of hydrogen-bond acceptors (Lipinski definition) is 4. The zero-order valence-corrected chi connectivity index (χ0v) is 7.70. The maximum atomic E-state index is 11.1. The number of hydrogen-bond donors (Lipinski definition) is 0. The zero-order chi connectivity index (χ0) is 10.8. The number of nitrogens with zero attached hydrogens (tertiary/aromatic N) is 2. The molecule has 1 aromatic carbocycles. The van der Waals surface area contributed by atoms with Crippen LogP contribution in [-0.4, -0.2) is 22.7 Å². The lowest BCUT2D eigenvalue weighted by Crippen LogP contribution is -2.33. The van der Waals surface area contributed by atoms with E-state index in [4.69, 9.17) is 0 Å². The van der Waals surface area contributed by atoms with Crippen LogP contribution in [0.3, 0.4) is 0 Å². The SMILES string of the molecule is O=C1OC[C@@H](c2ccccc2)N1[N+](=O)[O-]. The Kier molecular flexibility index (Phi) is 2.24. The summed E-state index contributed by atoms with van der Waals surface area (Å²) in [6, 6.07) is 8.14. The highest BCUT2D eigenvalue weighted by molar-refractivity contribution is 5.68. The van der Waals surface area contributed by atoms with Crippen molar-refractivity contribution in [1.82, 2.24) is 5.01 Å². The van der Waals surface area contributed by atoms with Crippen molar-refractivity contribution in [2.75, 3.05) is 6.61 Å². The second-order valence-electron chi connectivity index (χ2n) is 3.09. The third-order valence-electron chi connectivity index (χ3n) is 2.21. The quantitative estimate of drug-likeness (QED) is 0.543. The van der Waals surface area contributed by atoms with Gasteiger partial charge in [-0.05, 0) is 10.6 Å². The Morgan fingerprint density at radius 2 is 2.07 bits per heavy atom. The topological polar surface area (TPSA) is 72.7 Å². The van der Waals surface area contributed by atoms with E-state index in [1.807, 2.05) is 0 Å². The Hall–Kier alpha value is -2.11. The predicted molar refractivity (Wildman–Crippen MR) is 49.4 cm³/mol. The summed E-state index contributed by atoms with van der Waals surface area (Å²) in [5.41, 5.74) is 0.694. The van der Waals surface area contributed by atoms with Gasteiger partial charge in [0.25, 0.3) is 0 Å². The highest BCUT2D eigenvalue weighted by Crippen LogP contribution is 2.26.